The van der Waals surface area contributed by atoms with E-state index in [-0.39, 0.29) is 11.6 Å². The summed E-state index contributed by atoms with van der Waals surface area (Å²) in [6.45, 7) is 10.7. The topological polar surface area (TPSA) is 120 Å². The maximum absolute atomic E-state index is 12.7. The van der Waals surface area contributed by atoms with E-state index < -0.39 is 12.0 Å². The molecule has 0 spiro atoms. The lowest BCUT2D eigenvalue weighted by Gasteiger charge is -2.14. The van der Waals surface area contributed by atoms with Crippen molar-refractivity contribution in [1.82, 2.24) is 29.3 Å². The summed E-state index contributed by atoms with van der Waals surface area (Å²) in [5.74, 6) is -1.50. The first kappa shape index (κ1) is 20.3. The van der Waals surface area contributed by atoms with Crippen LogP contribution in [0.4, 0.5) is 5.69 Å². The molecule has 0 fully saturated rings. The van der Waals surface area contributed by atoms with E-state index in [1.165, 1.54) is 16.9 Å². The van der Waals surface area contributed by atoms with Crippen LogP contribution in [0.15, 0.2) is 18.5 Å². The lowest BCUT2D eigenvalue weighted by atomic mass is 10.2. The molecule has 0 aliphatic heterocycles. The number of nitrogens with one attached hydrogen (secondary N) is 1. The van der Waals surface area contributed by atoms with Gasteiger partial charge in [-0.3, -0.25) is 14.2 Å². The number of carbonyl (C=O) groups is 2. The molecule has 2 N–H and O–H groups in total. The highest BCUT2D eigenvalue weighted by atomic mass is 16.4. The van der Waals surface area contributed by atoms with Crippen molar-refractivity contribution in [3.63, 3.8) is 0 Å². The number of hydrogen-bond donors (Lipinski definition) is 2. The van der Waals surface area contributed by atoms with Gasteiger partial charge in [-0.15, -0.1) is 0 Å². The van der Waals surface area contributed by atoms with Crippen molar-refractivity contribution in [2.45, 2.75) is 53.8 Å². The molecule has 1 atom stereocenters. The minimum atomic E-state index is -1.13. The van der Waals surface area contributed by atoms with E-state index >= 15 is 0 Å². The van der Waals surface area contributed by atoms with Gasteiger partial charge in [0, 0.05) is 24.0 Å². The van der Waals surface area contributed by atoms with Crippen LogP contribution in [0.25, 0.3) is 0 Å². The molecule has 0 aromatic carbocycles. The highest BCUT2D eigenvalue weighted by Gasteiger charge is 2.24. The first-order valence-electron chi connectivity index (χ1n) is 9.37. The summed E-state index contributed by atoms with van der Waals surface area (Å²) in [5.41, 5.74) is 4.21. The number of carbonyl (C=O) groups excluding carboxylic acids is 1. The lowest BCUT2D eigenvalue weighted by Crippen LogP contribution is -2.27. The molecule has 3 aromatic rings. The Labute approximate surface area is 168 Å². The van der Waals surface area contributed by atoms with E-state index in [1.54, 1.807) is 6.92 Å². The minimum absolute atomic E-state index is 0.0415. The van der Waals surface area contributed by atoms with Crippen LogP contribution >= 0.6 is 0 Å². The summed E-state index contributed by atoms with van der Waals surface area (Å²) in [6, 6.07) is 0.572. The summed E-state index contributed by atoms with van der Waals surface area (Å²) >= 11 is 0. The molecule has 1 unspecified atom stereocenters. The van der Waals surface area contributed by atoms with Gasteiger partial charge in [0.2, 0.25) is 5.91 Å². The van der Waals surface area contributed by atoms with Crippen molar-refractivity contribution >= 4 is 17.6 Å². The van der Waals surface area contributed by atoms with E-state index in [0.29, 0.717) is 17.9 Å². The summed E-state index contributed by atoms with van der Waals surface area (Å²) in [6.07, 6.45) is 3.20. The molecule has 1 amide bonds. The predicted molar refractivity (Wildman–Crippen MR) is 106 cm³/mol. The molecule has 0 aliphatic carbocycles. The zero-order chi connectivity index (χ0) is 21.3. The quantitative estimate of drug-likeness (QED) is 0.628. The van der Waals surface area contributed by atoms with Crippen LogP contribution in [0.2, 0.25) is 0 Å². The van der Waals surface area contributed by atoms with Crippen LogP contribution in [0.3, 0.4) is 0 Å². The molecule has 3 aromatic heterocycles. The largest absolute Gasteiger partial charge is 0.477 e. The Bertz CT molecular complexity index is 1060. The summed E-state index contributed by atoms with van der Waals surface area (Å²) in [4.78, 5) is 24.0. The molecule has 10 nitrogen and oxygen atoms in total. The van der Waals surface area contributed by atoms with Gasteiger partial charge in [0.05, 0.1) is 29.8 Å². The van der Waals surface area contributed by atoms with Gasteiger partial charge in [0.25, 0.3) is 0 Å². The number of hydrogen-bond acceptors (Lipinski definition) is 5. The molecule has 0 aliphatic rings. The van der Waals surface area contributed by atoms with E-state index in [4.69, 9.17) is 0 Å². The van der Waals surface area contributed by atoms with Gasteiger partial charge in [0.1, 0.15) is 11.7 Å². The molecule has 3 rings (SSSR count). The average molecular weight is 399 g/mol. The number of rotatable bonds is 7. The van der Waals surface area contributed by atoms with Gasteiger partial charge >= 0.3 is 5.97 Å². The first-order valence-corrected chi connectivity index (χ1v) is 9.37. The molecule has 29 heavy (non-hydrogen) atoms. The Morgan fingerprint density at radius 3 is 2.52 bits per heavy atom. The fourth-order valence-electron chi connectivity index (χ4n) is 3.28. The molecule has 10 heteroatoms. The summed E-state index contributed by atoms with van der Waals surface area (Å²) in [7, 11) is 0. The molecule has 0 radical (unpaired) electrons. The van der Waals surface area contributed by atoms with Gasteiger partial charge in [0.15, 0.2) is 0 Å². The fraction of sp³-hybridized carbons (Fsp3) is 0.421. The van der Waals surface area contributed by atoms with Crippen LogP contribution in [0.5, 0.6) is 0 Å². The average Bonchev–Trinajstić information content (AvgIpc) is 3.37. The van der Waals surface area contributed by atoms with Crippen molar-refractivity contribution in [3.05, 3.63) is 46.8 Å². The Balaban J connectivity index is 1.81. The van der Waals surface area contributed by atoms with Gasteiger partial charge < -0.3 is 10.4 Å². The molecule has 154 valence electrons. The molecular weight excluding hydrogens is 374 g/mol. The van der Waals surface area contributed by atoms with Gasteiger partial charge in [-0.1, -0.05) is 0 Å². The number of aromatic carboxylic acids is 1. The Hall–Kier alpha value is -3.43. The lowest BCUT2D eigenvalue weighted by molar-refractivity contribution is -0.119. The normalized spacial score (nSPS) is 12.2. The van der Waals surface area contributed by atoms with E-state index in [2.05, 4.69) is 20.6 Å². The summed E-state index contributed by atoms with van der Waals surface area (Å²) < 4.78 is 4.95. The molecule has 0 saturated carbocycles. The Morgan fingerprint density at radius 1 is 1.17 bits per heavy atom. The van der Waals surface area contributed by atoms with E-state index in [9.17, 15) is 14.7 Å². The third-order valence-corrected chi connectivity index (χ3v) is 5.09. The number of aromatic nitrogens is 6. The van der Waals surface area contributed by atoms with Crippen LogP contribution in [0, 0.1) is 20.8 Å². The standard InChI is InChI=1S/C19H25N7O3/c1-6-24-12(3)15(9-21-24)10-25-13(4)17(11(2)23-25)22-18(27)14(5)26-16(19(28)29)7-8-20-26/h7-9,14H,6,10H2,1-5H3,(H,22,27)(H,28,29). The molecule has 0 bridgehead atoms. The van der Waals surface area contributed by atoms with Gasteiger partial charge in [-0.05, 0) is 40.7 Å². The van der Waals surface area contributed by atoms with Crippen LogP contribution in [-0.4, -0.2) is 46.3 Å². The maximum atomic E-state index is 12.7. The Kier molecular flexibility index (Phi) is 5.53. The van der Waals surface area contributed by atoms with Crippen molar-refractivity contribution in [2.75, 3.05) is 5.32 Å². The third kappa shape index (κ3) is 3.78. The highest BCUT2D eigenvalue weighted by molar-refractivity contribution is 5.95. The van der Waals surface area contributed by atoms with E-state index in [1.807, 2.05) is 43.3 Å². The van der Waals surface area contributed by atoms with Gasteiger partial charge in [-0.25, -0.2) is 9.48 Å². The number of amides is 1. The van der Waals surface area contributed by atoms with Crippen molar-refractivity contribution in [2.24, 2.45) is 0 Å². The number of anilines is 1. The number of aryl methyl sites for hydroxylation is 2. The molecule has 3 heterocycles. The SMILES string of the molecule is CCn1ncc(Cn2nc(C)c(NC(=O)C(C)n3nccc3C(=O)O)c2C)c1C. The van der Waals surface area contributed by atoms with E-state index in [0.717, 1.165) is 23.5 Å². The third-order valence-electron chi connectivity index (χ3n) is 5.09. The maximum Gasteiger partial charge on any atom is 0.354 e. The second kappa shape index (κ2) is 7.90. The highest BCUT2D eigenvalue weighted by Crippen LogP contribution is 2.23. The zero-order valence-corrected chi connectivity index (χ0v) is 17.2. The monoisotopic (exact) mass is 399 g/mol. The summed E-state index contributed by atoms with van der Waals surface area (Å²) in [5, 5.41) is 25.0. The number of carboxylic acids is 1. The zero-order valence-electron chi connectivity index (χ0n) is 17.2. The second-order valence-electron chi connectivity index (χ2n) is 6.91. The molecule has 0 saturated heterocycles. The smallest absolute Gasteiger partial charge is 0.354 e. The van der Waals surface area contributed by atoms with Crippen LogP contribution in [0.1, 0.15) is 53.0 Å². The fourth-order valence-corrected chi connectivity index (χ4v) is 3.28. The van der Waals surface area contributed by atoms with Gasteiger partial charge in [-0.2, -0.15) is 15.3 Å². The van der Waals surface area contributed by atoms with Crippen LogP contribution in [-0.2, 0) is 17.9 Å². The predicted octanol–water partition coefficient (Wildman–Crippen LogP) is 2.17. The van der Waals surface area contributed by atoms with Crippen LogP contribution < -0.4 is 5.32 Å². The molecular formula is C19H25N7O3. The first-order chi connectivity index (χ1) is 13.7. The van der Waals surface area contributed by atoms with Crippen molar-refractivity contribution < 1.29 is 14.7 Å². The number of nitrogens with zero attached hydrogens (tertiary/aromatic N) is 6. The minimum Gasteiger partial charge on any atom is -0.477 e. The second-order valence-corrected chi connectivity index (χ2v) is 6.91. The number of carboxylic acid groups (broad SMARTS) is 1. The van der Waals surface area contributed by atoms with Crippen molar-refractivity contribution in [3.8, 4) is 0 Å². The van der Waals surface area contributed by atoms with Crippen molar-refractivity contribution in [1.29, 1.82) is 0 Å². The Morgan fingerprint density at radius 2 is 1.90 bits per heavy atom.